The van der Waals surface area contributed by atoms with Crippen molar-refractivity contribution in [3.63, 3.8) is 0 Å². The van der Waals surface area contributed by atoms with Crippen molar-refractivity contribution in [2.75, 3.05) is 36.9 Å². The monoisotopic (exact) mass is 504 g/mol. The van der Waals surface area contributed by atoms with E-state index in [4.69, 9.17) is 16.6 Å². The molecule has 0 bridgehead atoms. The van der Waals surface area contributed by atoms with E-state index < -0.39 is 0 Å². The van der Waals surface area contributed by atoms with E-state index >= 15 is 0 Å². The number of hydrogen-bond donors (Lipinski definition) is 1. The standard InChI is InChI=1S/C31H41ClN4/c1-5-6-9-25-19-24(21-33-30(25)35(4)27-17-22(2)18-27)8-7-14-36-15-12-31(13-16-36)23(3)34-29-11-10-26(32)20-28(29)31/h5,10-11,19-22,27,34H,1,3,6-9,12-18H2,2,4H3. The van der Waals surface area contributed by atoms with Crippen LogP contribution in [-0.4, -0.2) is 42.6 Å². The molecule has 3 heterocycles. The van der Waals surface area contributed by atoms with Crippen molar-refractivity contribution in [2.45, 2.75) is 69.7 Å². The summed E-state index contributed by atoms with van der Waals surface area (Å²) in [6, 6.07) is 9.24. The van der Waals surface area contributed by atoms with Gasteiger partial charge in [0, 0.05) is 41.1 Å². The average Bonchev–Trinajstić information content (AvgIpc) is 3.12. The number of benzene rings is 1. The average molecular weight is 505 g/mol. The molecule has 2 aliphatic heterocycles. The molecule has 0 atom stereocenters. The van der Waals surface area contributed by atoms with Crippen LogP contribution >= 0.6 is 11.6 Å². The molecule has 3 aliphatic rings. The van der Waals surface area contributed by atoms with Gasteiger partial charge in [0.2, 0.25) is 0 Å². The van der Waals surface area contributed by atoms with Crippen molar-refractivity contribution in [1.82, 2.24) is 9.88 Å². The maximum absolute atomic E-state index is 6.35. The molecule has 1 aromatic carbocycles. The number of pyridine rings is 1. The summed E-state index contributed by atoms with van der Waals surface area (Å²) in [4.78, 5) is 10.00. The summed E-state index contributed by atoms with van der Waals surface area (Å²) < 4.78 is 0. The van der Waals surface area contributed by atoms with Gasteiger partial charge in [-0.15, -0.1) is 6.58 Å². The molecular weight excluding hydrogens is 464 g/mol. The highest BCUT2D eigenvalue weighted by atomic mass is 35.5. The zero-order valence-corrected chi connectivity index (χ0v) is 22.8. The van der Waals surface area contributed by atoms with Gasteiger partial charge >= 0.3 is 0 Å². The second-order valence-corrected chi connectivity index (χ2v) is 11.8. The number of allylic oxidation sites excluding steroid dienone is 2. The SMILES string of the molecule is C=CCCc1cc(CCCN2CCC3(CC2)C(=C)Nc2ccc(Cl)cc23)cnc1N(C)C1CC(C)C1. The molecule has 1 saturated heterocycles. The Kier molecular flexibility index (Phi) is 7.46. The number of hydrogen-bond acceptors (Lipinski definition) is 4. The van der Waals surface area contributed by atoms with Crippen LogP contribution in [0.4, 0.5) is 11.5 Å². The second kappa shape index (κ2) is 10.6. The van der Waals surface area contributed by atoms with Gasteiger partial charge in [-0.2, -0.15) is 0 Å². The van der Waals surface area contributed by atoms with Crippen LogP contribution in [0.2, 0.25) is 5.02 Å². The zero-order chi connectivity index (χ0) is 25.3. The third-order valence-corrected chi connectivity index (χ3v) is 9.09. The van der Waals surface area contributed by atoms with Crippen LogP contribution in [-0.2, 0) is 18.3 Å². The molecule has 2 aromatic rings. The van der Waals surface area contributed by atoms with E-state index in [2.05, 4.69) is 66.6 Å². The van der Waals surface area contributed by atoms with Crippen molar-refractivity contribution >= 4 is 23.1 Å². The number of nitrogens with zero attached hydrogens (tertiary/aromatic N) is 3. The lowest BCUT2D eigenvalue weighted by Crippen LogP contribution is -2.43. The smallest absolute Gasteiger partial charge is 0.131 e. The van der Waals surface area contributed by atoms with Gasteiger partial charge in [0.25, 0.3) is 0 Å². The van der Waals surface area contributed by atoms with Crippen LogP contribution in [0, 0.1) is 5.92 Å². The van der Waals surface area contributed by atoms with Crippen LogP contribution in [0.3, 0.4) is 0 Å². The molecule has 192 valence electrons. The highest BCUT2D eigenvalue weighted by Crippen LogP contribution is 2.50. The van der Waals surface area contributed by atoms with Crippen molar-refractivity contribution < 1.29 is 0 Å². The molecule has 1 aliphatic carbocycles. The van der Waals surface area contributed by atoms with Crippen LogP contribution in [0.1, 0.15) is 62.1 Å². The predicted molar refractivity (Wildman–Crippen MR) is 153 cm³/mol. The lowest BCUT2D eigenvalue weighted by atomic mass is 9.72. The topological polar surface area (TPSA) is 31.4 Å². The van der Waals surface area contributed by atoms with E-state index in [1.54, 1.807) is 0 Å². The Hall–Kier alpha value is -2.30. The highest BCUT2D eigenvalue weighted by Gasteiger charge is 2.44. The molecule has 4 nitrogen and oxygen atoms in total. The number of rotatable bonds is 9. The largest absolute Gasteiger partial charge is 0.358 e. The van der Waals surface area contributed by atoms with E-state index in [1.807, 2.05) is 12.1 Å². The second-order valence-electron chi connectivity index (χ2n) is 11.3. The molecule has 0 amide bonds. The first-order valence-corrected chi connectivity index (χ1v) is 14.1. The lowest BCUT2D eigenvalue weighted by Gasteiger charge is -2.41. The fraction of sp³-hybridized carbons (Fsp3) is 0.516. The Morgan fingerprint density at radius 3 is 2.72 bits per heavy atom. The summed E-state index contributed by atoms with van der Waals surface area (Å²) in [6.07, 6.45) is 13.1. The molecule has 0 unspecified atom stereocenters. The summed E-state index contributed by atoms with van der Waals surface area (Å²) in [7, 11) is 2.22. The van der Waals surface area contributed by atoms with Gasteiger partial charge in [-0.3, -0.25) is 0 Å². The van der Waals surface area contributed by atoms with Crippen LogP contribution < -0.4 is 10.2 Å². The van der Waals surface area contributed by atoms with Gasteiger partial charge in [0.05, 0.1) is 0 Å². The zero-order valence-electron chi connectivity index (χ0n) is 22.0. The maximum Gasteiger partial charge on any atom is 0.131 e. The fourth-order valence-corrected chi connectivity index (χ4v) is 6.67. The Morgan fingerprint density at radius 2 is 2.00 bits per heavy atom. The minimum absolute atomic E-state index is 0.0286. The lowest BCUT2D eigenvalue weighted by molar-refractivity contribution is 0.179. The molecule has 5 heteroatoms. The first kappa shape index (κ1) is 25.4. The van der Waals surface area contributed by atoms with E-state index in [0.717, 1.165) is 74.8 Å². The quantitative estimate of drug-likeness (QED) is 0.373. The van der Waals surface area contributed by atoms with E-state index in [9.17, 15) is 0 Å². The molecule has 1 spiro atoms. The van der Waals surface area contributed by atoms with Crippen molar-refractivity contribution in [1.29, 1.82) is 0 Å². The molecule has 36 heavy (non-hydrogen) atoms. The molecule has 5 rings (SSSR count). The number of anilines is 2. The van der Waals surface area contributed by atoms with Crippen molar-refractivity contribution in [3.05, 3.63) is 77.1 Å². The number of nitrogens with one attached hydrogen (secondary N) is 1. The fourth-order valence-electron chi connectivity index (χ4n) is 6.50. The van der Waals surface area contributed by atoms with Gasteiger partial charge in [0.1, 0.15) is 5.82 Å². The number of aryl methyl sites for hydroxylation is 2. The Morgan fingerprint density at radius 1 is 1.22 bits per heavy atom. The van der Waals surface area contributed by atoms with Gasteiger partial charge in [0.15, 0.2) is 0 Å². The van der Waals surface area contributed by atoms with E-state index in [-0.39, 0.29) is 5.41 Å². The third-order valence-electron chi connectivity index (χ3n) is 8.86. The third kappa shape index (κ3) is 4.95. The van der Waals surface area contributed by atoms with Crippen molar-refractivity contribution in [3.8, 4) is 0 Å². The first-order valence-electron chi connectivity index (χ1n) is 13.7. The number of fused-ring (bicyclic) bond motifs is 2. The Balaban J connectivity index is 1.17. The highest BCUT2D eigenvalue weighted by molar-refractivity contribution is 6.30. The summed E-state index contributed by atoms with van der Waals surface area (Å²) in [6.45, 7) is 14.0. The van der Waals surface area contributed by atoms with E-state index in [0.29, 0.717) is 6.04 Å². The van der Waals surface area contributed by atoms with Gasteiger partial charge < -0.3 is 15.1 Å². The summed E-state index contributed by atoms with van der Waals surface area (Å²) >= 11 is 6.35. The van der Waals surface area contributed by atoms with Crippen molar-refractivity contribution in [2.24, 2.45) is 5.92 Å². The number of halogens is 1. The van der Waals surface area contributed by atoms with Crippen LogP contribution in [0.5, 0.6) is 0 Å². The van der Waals surface area contributed by atoms with Crippen LogP contribution in [0.15, 0.2) is 55.4 Å². The minimum Gasteiger partial charge on any atom is -0.358 e. The van der Waals surface area contributed by atoms with E-state index in [1.165, 1.54) is 41.0 Å². The number of piperidine rings is 1. The number of aromatic nitrogens is 1. The molecule has 1 aromatic heterocycles. The van der Waals surface area contributed by atoms with Crippen LogP contribution in [0.25, 0.3) is 0 Å². The molecule has 0 radical (unpaired) electrons. The maximum atomic E-state index is 6.35. The summed E-state index contributed by atoms with van der Waals surface area (Å²) in [5.74, 6) is 2.01. The summed E-state index contributed by atoms with van der Waals surface area (Å²) in [5, 5.41) is 4.34. The molecule has 1 saturated carbocycles. The summed E-state index contributed by atoms with van der Waals surface area (Å²) in [5.41, 5.74) is 6.41. The minimum atomic E-state index is 0.0286. The Labute approximate surface area is 222 Å². The first-order chi connectivity index (χ1) is 17.4. The van der Waals surface area contributed by atoms with Gasteiger partial charge in [-0.25, -0.2) is 4.98 Å². The normalized spacial score (nSPS) is 22.7. The Bertz CT molecular complexity index is 1110. The number of likely N-dealkylation sites (tertiary alicyclic amines) is 1. The van der Waals surface area contributed by atoms with Gasteiger partial charge in [-0.05, 0) is 112 Å². The van der Waals surface area contributed by atoms with Gasteiger partial charge in [-0.1, -0.05) is 37.2 Å². The predicted octanol–water partition coefficient (Wildman–Crippen LogP) is 6.99. The molecule has 2 fully saturated rings. The molecular formula is C31H41ClN4. The molecule has 1 N–H and O–H groups in total.